The number of aliphatic imine (C=N–C) groups is 2. The highest BCUT2D eigenvalue weighted by Crippen LogP contribution is 2.40. The number of esters is 2. The fraction of sp³-hybridized carbons (Fsp3) is 0.234. The molecule has 8 aromatic rings. The smallest absolute Gasteiger partial charge is 0.306 e. The fourth-order valence-electron chi connectivity index (χ4n) is 13.3. The second-order valence-electron chi connectivity index (χ2n) is 25.6. The Labute approximate surface area is 652 Å². The molecular weight excluding hydrogens is 1520 g/mol. The van der Waals surface area contributed by atoms with Gasteiger partial charge in [-0.25, -0.2) is 9.98 Å². The Bertz CT molecular complexity index is 4950. The Morgan fingerprint density at radius 1 is 0.463 bits per heavy atom. The first-order valence-corrected chi connectivity index (χ1v) is 38.4. The van der Waals surface area contributed by atoms with Gasteiger partial charge in [-0.05, 0) is 155 Å². The number of amidine groups is 2. The minimum Gasteiger partial charge on any atom is -0.452 e. The van der Waals surface area contributed by atoms with Gasteiger partial charge in [0.25, 0.3) is 34.8 Å². The molecular formula is C77H66Cl4N14O10S3. The van der Waals surface area contributed by atoms with Crippen molar-refractivity contribution in [3.8, 4) is 0 Å². The van der Waals surface area contributed by atoms with E-state index in [9.17, 15) is 38.4 Å². The predicted octanol–water partition coefficient (Wildman–Crippen LogP) is 13.0. The van der Waals surface area contributed by atoms with Crippen molar-refractivity contribution in [2.24, 2.45) is 9.98 Å². The van der Waals surface area contributed by atoms with Crippen LogP contribution in [0.5, 0.6) is 0 Å². The van der Waals surface area contributed by atoms with E-state index >= 15 is 0 Å². The number of imide groups is 1. The number of halogens is 4. The average Bonchev–Trinajstić information content (AvgIpc) is 0.966. The van der Waals surface area contributed by atoms with Gasteiger partial charge in [0.05, 0.1) is 51.4 Å². The molecule has 108 heavy (non-hydrogen) atoms. The zero-order valence-electron chi connectivity index (χ0n) is 57.6. The molecule has 8 aliphatic heterocycles. The average molecular weight is 1590 g/mol. The second kappa shape index (κ2) is 33.1. The van der Waals surface area contributed by atoms with Crippen LogP contribution in [0.1, 0.15) is 42.4 Å². The number of thioether (sulfide) groups is 3. The van der Waals surface area contributed by atoms with E-state index in [-0.39, 0.29) is 46.7 Å². The Hall–Kier alpha value is -10.3. The maximum Gasteiger partial charge on any atom is 0.306 e. The van der Waals surface area contributed by atoms with Gasteiger partial charge in [-0.1, -0.05) is 89.9 Å². The van der Waals surface area contributed by atoms with Crippen LogP contribution in [0.2, 0.25) is 20.1 Å². The lowest BCUT2D eigenvalue weighted by Gasteiger charge is -2.38. The van der Waals surface area contributed by atoms with Crippen molar-refractivity contribution in [3.05, 3.63) is 204 Å². The molecule has 6 amide bonds. The molecule has 11 heterocycles. The summed E-state index contributed by atoms with van der Waals surface area (Å²) in [4.78, 5) is 133. The summed E-state index contributed by atoms with van der Waals surface area (Å²) < 4.78 is 10.3. The van der Waals surface area contributed by atoms with Crippen LogP contribution < -0.4 is 30.7 Å². The topological polar surface area (TPSA) is 274 Å². The molecule has 8 saturated heterocycles. The minimum absolute atomic E-state index is 0.119. The Kier molecular flexibility index (Phi) is 22.8. The van der Waals surface area contributed by atoms with Crippen molar-refractivity contribution in [3.63, 3.8) is 0 Å². The zero-order valence-corrected chi connectivity index (χ0v) is 63.0. The van der Waals surface area contributed by atoms with Crippen molar-refractivity contribution < 1.29 is 47.8 Å². The standard InChI is InChI=1S/2C28H23Cl2N5O4S.C21H20N4O2S/c2*29-18-2-1-3-19(30)25(18)32-28-33-26(37)23(40-28)15-16-4-5-20-17(14-16)21(8-9-31-20)34-10-12-35(13-11-34)27(38)22-6-7-24(36)39-22;1-3-14(2)24-8-10-25(11-9-24)18-6-7-22-17-5-4-15(12-16(17)18)13-19-20(26)23-21(27)28-19/h2*1-5,8-9,14-15,22H,6-7,10-13H2,(H,32,33,37);3-7,12-13H,1-2,8-11H2,(H,23,26,27)/b2*23-15-;19-13-/t2*22-;/m10./s1. The van der Waals surface area contributed by atoms with Gasteiger partial charge in [0.1, 0.15) is 11.4 Å². The number of aromatic nitrogens is 3. The van der Waals surface area contributed by atoms with Crippen molar-refractivity contribution in [1.29, 1.82) is 0 Å². The summed E-state index contributed by atoms with van der Waals surface area (Å²) in [6.07, 6.45) is 12.7. The summed E-state index contributed by atoms with van der Waals surface area (Å²) in [5.41, 5.74) is 10.00. The number of cyclic esters (lactones) is 2. The first kappa shape index (κ1) is 74.6. The largest absolute Gasteiger partial charge is 0.452 e. The summed E-state index contributed by atoms with van der Waals surface area (Å²) in [6.45, 7) is 16.1. The molecule has 0 unspecified atom stereocenters. The van der Waals surface area contributed by atoms with E-state index in [0.717, 1.165) is 110 Å². The number of allylic oxidation sites excluding steroid dienone is 1. The van der Waals surface area contributed by atoms with E-state index in [4.69, 9.17) is 55.9 Å². The summed E-state index contributed by atoms with van der Waals surface area (Å²) in [5.74, 6) is -1.72. The highest BCUT2D eigenvalue weighted by molar-refractivity contribution is 8.19. The zero-order chi connectivity index (χ0) is 75.3. The molecule has 0 saturated carbocycles. The van der Waals surface area contributed by atoms with Crippen LogP contribution in [0.25, 0.3) is 50.9 Å². The molecule has 0 aliphatic carbocycles. The number of carbonyl (C=O) groups is 8. The number of carbonyl (C=O) groups excluding carboxylic acids is 8. The van der Waals surface area contributed by atoms with Crippen LogP contribution in [-0.4, -0.2) is 177 Å². The molecule has 3 aromatic heterocycles. The third-order valence-corrected chi connectivity index (χ3v) is 22.7. The first-order valence-electron chi connectivity index (χ1n) is 34.4. The number of nitrogens with zero attached hydrogens (tertiary/aromatic N) is 11. The molecule has 8 fully saturated rings. The van der Waals surface area contributed by atoms with E-state index in [1.165, 1.54) is 23.5 Å². The van der Waals surface area contributed by atoms with Crippen LogP contribution in [0, 0.1) is 0 Å². The number of rotatable bonds is 12. The Morgan fingerprint density at radius 3 is 1.13 bits per heavy atom. The van der Waals surface area contributed by atoms with E-state index in [1.54, 1.807) is 70.7 Å². The van der Waals surface area contributed by atoms with Crippen molar-refractivity contribution >= 4 is 218 Å². The van der Waals surface area contributed by atoms with Gasteiger partial charge in [-0.3, -0.25) is 58.6 Å². The number of piperazine rings is 3. The van der Waals surface area contributed by atoms with Gasteiger partial charge in [0.2, 0.25) is 0 Å². The van der Waals surface area contributed by atoms with Gasteiger partial charge in [0, 0.05) is 162 Å². The second-order valence-corrected chi connectivity index (χ2v) is 30.3. The Balaban J connectivity index is 0.000000138. The first-order chi connectivity index (χ1) is 52.2. The maximum absolute atomic E-state index is 12.8. The summed E-state index contributed by atoms with van der Waals surface area (Å²) in [7, 11) is 0. The van der Waals surface area contributed by atoms with Crippen LogP contribution >= 0.6 is 81.7 Å². The van der Waals surface area contributed by atoms with Gasteiger partial charge < -0.3 is 49.5 Å². The fourth-order valence-corrected chi connectivity index (χ4v) is 16.6. The normalized spacial score (nSPS) is 20.7. The molecule has 0 spiro atoms. The lowest BCUT2D eigenvalue weighted by atomic mass is 10.1. The quantitative estimate of drug-likeness (QED) is 0.0582. The molecule has 24 nitrogen and oxygen atoms in total. The number of nitrogens with one attached hydrogen (secondary N) is 3. The third kappa shape index (κ3) is 17.0. The van der Waals surface area contributed by atoms with E-state index in [0.29, 0.717) is 135 Å². The molecule has 8 aliphatic rings. The molecule has 16 rings (SSSR count). The van der Waals surface area contributed by atoms with E-state index < -0.39 is 12.2 Å². The lowest BCUT2D eigenvalue weighted by molar-refractivity contribution is -0.153. The molecule has 3 N–H and O–H groups in total. The van der Waals surface area contributed by atoms with Gasteiger partial charge in [0.15, 0.2) is 22.5 Å². The molecule has 0 bridgehead atoms. The number of pyridine rings is 3. The monoisotopic (exact) mass is 1580 g/mol. The van der Waals surface area contributed by atoms with Crippen LogP contribution in [0.15, 0.2) is 177 Å². The number of hydrogen-bond acceptors (Lipinski definition) is 22. The third-order valence-electron chi connectivity index (χ3n) is 18.8. The lowest BCUT2D eigenvalue weighted by Crippen LogP contribution is -2.51. The predicted molar refractivity (Wildman–Crippen MR) is 428 cm³/mol. The highest BCUT2D eigenvalue weighted by Gasteiger charge is 2.37. The molecule has 31 heteroatoms. The number of fused-ring (bicyclic) bond motifs is 3. The summed E-state index contributed by atoms with van der Waals surface area (Å²) in [6, 6.07) is 33.8. The SMILES string of the molecule is C=CC(=C)N1CCN(c2ccnc3ccc(/C=C4\SC(=O)NC4=O)cc23)CC1.O=C1CC[C@@H](C(=O)N2CCN(c3ccnc4ccc(/C=C5\SC(=Nc6c(Cl)cccc6Cl)NC5=O)cc34)CC2)O1.O=C1CC[C@H](C(=O)N2CCN(c3ccnc4ccc(/C=C5\SC(=Nc6c(Cl)cccc6Cl)NC5=O)cc34)CC2)O1. The summed E-state index contributed by atoms with van der Waals surface area (Å²) >= 11 is 28.3. The molecule has 550 valence electrons. The number of anilines is 3. The van der Waals surface area contributed by atoms with Crippen molar-refractivity contribution in [1.82, 2.24) is 45.6 Å². The van der Waals surface area contributed by atoms with Crippen molar-refractivity contribution in [2.45, 2.75) is 37.9 Å². The maximum atomic E-state index is 12.8. The number of para-hydroxylation sites is 2. The minimum atomic E-state index is -0.658. The van der Waals surface area contributed by atoms with Gasteiger partial charge in [-0.15, -0.1) is 0 Å². The van der Waals surface area contributed by atoms with Crippen molar-refractivity contribution in [2.75, 3.05) is 93.2 Å². The van der Waals surface area contributed by atoms with Crippen LogP contribution in [0.3, 0.4) is 0 Å². The van der Waals surface area contributed by atoms with Gasteiger partial charge >= 0.3 is 11.9 Å². The molecule has 2 atom stereocenters. The number of ether oxygens (including phenoxy) is 2. The number of amides is 6. The van der Waals surface area contributed by atoms with E-state index in [1.807, 2.05) is 91.1 Å². The molecule has 5 aromatic carbocycles. The van der Waals surface area contributed by atoms with Crippen LogP contribution in [-0.2, 0) is 43.0 Å². The van der Waals surface area contributed by atoms with Crippen LogP contribution in [0.4, 0.5) is 33.2 Å². The van der Waals surface area contributed by atoms with Gasteiger partial charge in [-0.2, -0.15) is 0 Å². The Morgan fingerprint density at radius 2 is 0.806 bits per heavy atom. The van der Waals surface area contributed by atoms with E-state index in [2.05, 4.69) is 73.6 Å². The number of benzene rings is 5. The molecule has 0 radical (unpaired) electrons. The number of hydrogen-bond donors (Lipinski definition) is 3. The highest BCUT2D eigenvalue weighted by atomic mass is 35.5. The summed E-state index contributed by atoms with van der Waals surface area (Å²) in [5, 5.41) is 12.8.